The van der Waals surface area contributed by atoms with E-state index in [2.05, 4.69) is 47.2 Å². The number of piperazine rings is 1. The summed E-state index contributed by atoms with van der Waals surface area (Å²) in [6, 6.07) is 12.0. The van der Waals surface area contributed by atoms with Gasteiger partial charge in [0, 0.05) is 36.9 Å². The number of halogens is 2. The monoisotopic (exact) mass is 393 g/mol. The zero-order valence-corrected chi connectivity index (χ0v) is 16.7. The Morgan fingerprint density at radius 3 is 2.40 bits per heavy atom. The molecule has 132 valence electrons. The predicted molar refractivity (Wildman–Crippen MR) is 112 cm³/mol. The molecule has 1 heterocycles. The minimum absolute atomic E-state index is 0.573. The highest BCUT2D eigenvalue weighted by Gasteiger charge is 2.20. The van der Waals surface area contributed by atoms with Crippen LogP contribution in [0.4, 0.5) is 11.4 Å². The Hall–Kier alpha value is -1.49. The molecule has 6 heteroatoms. The third kappa shape index (κ3) is 4.38. The van der Waals surface area contributed by atoms with Gasteiger partial charge < -0.3 is 15.1 Å². The molecule has 25 heavy (non-hydrogen) atoms. The van der Waals surface area contributed by atoms with Crippen molar-refractivity contribution in [3.63, 3.8) is 0 Å². The summed E-state index contributed by atoms with van der Waals surface area (Å²) in [6.45, 7) is 7.94. The van der Waals surface area contributed by atoms with E-state index in [0.717, 1.165) is 31.9 Å². The third-order valence-corrected chi connectivity index (χ3v) is 5.35. The molecule has 2 aromatic rings. The molecular formula is C19H21Cl2N3S. The highest BCUT2D eigenvalue weighted by atomic mass is 35.5. The zero-order chi connectivity index (χ0) is 18.0. The van der Waals surface area contributed by atoms with E-state index >= 15 is 0 Å². The Bertz CT molecular complexity index is 786. The largest absolute Gasteiger partial charge is 0.368 e. The van der Waals surface area contributed by atoms with Crippen molar-refractivity contribution in [2.24, 2.45) is 0 Å². The molecule has 3 nitrogen and oxygen atoms in total. The number of benzene rings is 2. The van der Waals surface area contributed by atoms with Gasteiger partial charge in [0.25, 0.3) is 0 Å². The summed E-state index contributed by atoms with van der Waals surface area (Å²) in [7, 11) is 0. The van der Waals surface area contributed by atoms with Crippen LogP contribution in [0.1, 0.15) is 11.1 Å². The van der Waals surface area contributed by atoms with Crippen molar-refractivity contribution < 1.29 is 0 Å². The van der Waals surface area contributed by atoms with E-state index in [1.807, 2.05) is 6.07 Å². The number of hydrogen-bond donors (Lipinski definition) is 1. The molecule has 1 aliphatic rings. The number of aryl methyl sites for hydroxylation is 2. The normalized spacial score (nSPS) is 14.6. The van der Waals surface area contributed by atoms with Gasteiger partial charge in [0.15, 0.2) is 5.11 Å². The lowest BCUT2D eigenvalue weighted by Gasteiger charge is -2.38. The Morgan fingerprint density at radius 1 is 1.00 bits per heavy atom. The van der Waals surface area contributed by atoms with Gasteiger partial charge in [-0.15, -0.1) is 0 Å². The number of nitrogens with one attached hydrogen (secondary N) is 1. The van der Waals surface area contributed by atoms with Crippen LogP contribution >= 0.6 is 35.4 Å². The maximum atomic E-state index is 6.21. The van der Waals surface area contributed by atoms with E-state index in [4.69, 9.17) is 35.4 Å². The van der Waals surface area contributed by atoms with Crippen molar-refractivity contribution >= 4 is 51.9 Å². The molecule has 0 bridgehead atoms. The maximum absolute atomic E-state index is 6.21. The van der Waals surface area contributed by atoms with Crippen molar-refractivity contribution in [1.29, 1.82) is 0 Å². The van der Waals surface area contributed by atoms with Crippen LogP contribution in [-0.2, 0) is 0 Å². The quantitative estimate of drug-likeness (QED) is 0.712. The van der Waals surface area contributed by atoms with Crippen LogP contribution in [0.25, 0.3) is 0 Å². The van der Waals surface area contributed by atoms with Crippen molar-refractivity contribution in [2.75, 3.05) is 36.4 Å². The van der Waals surface area contributed by atoms with E-state index in [-0.39, 0.29) is 0 Å². The second-order valence-electron chi connectivity index (χ2n) is 6.32. The van der Waals surface area contributed by atoms with Gasteiger partial charge in [0.05, 0.1) is 10.7 Å². The molecule has 0 aliphatic carbocycles. The topological polar surface area (TPSA) is 18.5 Å². The van der Waals surface area contributed by atoms with Gasteiger partial charge in [0.2, 0.25) is 0 Å². The SMILES string of the molecule is Cc1ccc(C)c(N2CCN(C(=S)Nc3ccc(Cl)cc3Cl)CC2)c1. The molecule has 0 aromatic heterocycles. The first-order valence-electron chi connectivity index (χ1n) is 8.27. The summed E-state index contributed by atoms with van der Waals surface area (Å²) in [5, 5.41) is 5.12. The lowest BCUT2D eigenvalue weighted by molar-refractivity contribution is 0.390. The van der Waals surface area contributed by atoms with Crippen molar-refractivity contribution in [1.82, 2.24) is 4.90 Å². The summed E-state index contributed by atoms with van der Waals surface area (Å²) >= 11 is 17.7. The second kappa shape index (κ2) is 7.81. The molecule has 1 saturated heterocycles. The molecule has 2 aromatic carbocycles. The second-order valence-corrected chi connectivity index (χ2v) is 7.55. The van der Waals surface area contributed by atoms with Gasteiger partial charge in [-0.1, -0.05) is 35.3 Å². The van der Waals surface area contributed by atoms with Gasteiger partial charge in [-0.3, -0.25) is 0 Å². The number of rotatable bonds is 2. The highest BCUT2D eigenvalue weighted by Crippen LogP contribution is 2.26. The van der Waals surface area contributed by atoms with Gasteiger partial charge in [-0.05, 0) is 61.5 Å². The van der Waals surface area contributed by atoms with Crippen LogP contribution in [0.5, 0.6) is 0 Å². The van der Waals surface area contributed by atoms with E-state index in [1.165, 1.54) is 16.8 Å². The van der Waals surface area contributed by atoms with Crippen LogP contribution in [0.2, 0.25) is 10.0 Å². The summed E-state index contributed by atoms with van der Waals surface area (Å²) in [5.74, 6) is 0. The molecule has 0 spiro atoms. The first kappa shape index (κ1) is 18.3. The lowest BCUT2D eigenvalue weighted by atomic mass is 10.1. The fourth-order valence-corrected chi connectivity index (χ4v) is 3.74. The highest BCUT2D eigenvalue weighted by molar-refractivity contribution is 7.80. The van der Waals surface area contributed by atoms with Gasteiger partial charge in [-0.2, -0.15) is 0 Å². The minimum Gasteiger partial charge on any atom is -0.368 e. The molecule has 3 rings (SSSR count). The van der Waals surface area contributed by atoms with Crippen molar-refractivity contribution in [3.05, 3.63) is 57.6 Å². The van der Waals surface area contributed by atoms with E-state index in [1.54, 1.807) is 12.1 Å². The third-order valence-electron chi connectivity index (χ3n) is 4.44. The van der Waals surface area contributed by atoms with Crippen molar-refractivity contribution in [3.8, 4) is 0 Å². The maximum Gasteiger partial charge on any atom is 0.173 e. The molecule has 0 amide bonds. The van der Waals surface area contributed by atoms with E-state index in [0.29, 0.717) is 15.2 Å². The van der Waals surface area contributed by atoms with Crippen LogP contribution in [0.15, 0.2) is 36.4 Å². The van der Waals surface area contributed by atoms with Gasteiger partial charge >= 0.3 is 0 Å². The molecule has 1 N–H and O–H groups in total. The van der Waals surface area contributed by atoms with Crippen LogP contribution in [0.3, 0.4) is 0 Å². The molecule has 0 saturated carbocycles. The fraction of sp³-hybridized carbons (Fsp3) is 0.316. The first-order chi connectivity index (χ1) is 11.9. The molecule has 0 radical (unpaired) electrons. The van der Waals surface area contributed by atoms with Crippen LogP contribution < -0.4 is 10.2 Å². The molecule has 0 unspecified atom stereocenters. The average Bonchev–Trinajstić information content (AvgIpc) is 2.59. The number of nitrogens with zero attached hydrogens (tertiary/aromatic N) is 2. The van der Waals surface area contributed by atoms with Crippen molar-refractivity contribution in [2.45, 2.75) is 13.8 Å². The van der Waals surface area contributed by atoms with E-state index < -0.39 is 0 Å². The molecule has 1 aliphatic heterocycles. The Balaban J connectivity index is 1.62. The number of thiocarbonyl (C=S) groups is 1. The van der Waals surface area contributed by atoms with Gasteiger partial charge in [-0.25, -0.2) is 0 Å². The summed E-state index contributed by atoms with van der Waals surface area (Å²) in [5.41, 5.74) is 4.71. The summed E-state index contributed by atoms with van der Waals surface area (Å²) < 4.78 is 0. The van der Waals surface area contributed by atoms with Gasteiger partial charge in [0.1, 0.15) is 0 Å². The standard InChI is InChI=1S/C19H21Cl2N3S/c1-13-3-4-14(2)18(11-13)23-7-9-24(10-8-23)19(25)22-17-6-5-15(20)12-16(17)21/h3-6,11-12H,7-10H2,1-2H3,(H,22,25). The predicted octanol–water partition coefficient (Wildman–Crippen LogP) is 5.13. The molecular weight excluding hydrogens is 373 g/mol. The van der Waals surface area contributed by atoms with Crippen LogP contribution in [-0.4, -0.2) is 36.2 Å². The fourth-order valence-electron chi connectivity index (χ4n) is 3.00. The average molecular weight is 394 g/mol. The number of hydrogen-bond acceptors (Lipinski definition) is 2. The summed E-state index contributed by atoms with van der Waals surface area (Å²) in [4.78, 5) is 4.61. The Morgan fingerprint density at radius 2 is 1.72 bits per heavy atom. The lowest BCUT2D eigenvalue weighted by Crippen LogP contribution is -2.50. The minimum atomic E-state index is 0.573. The zero-order valence-electron chi connectivity index (χ0n) is 14.4. The Kier molecular flexibility index (Phi) is 5.72. The van der Waals surface area contributed by atoms with Crippen LogP contribution in [0, 0.1) is 13.8 Å². The van der Waals surface area contributed by atoms with E-state index in [9.17, 15) is 0 Å². The molecule has 0 atom stereocenters. The first-order valence-corrected chi connectivity index (χ1v) is 9.43. The molecule has 1 fully saturated rings. The number of anilines is 2. The smallest absolute Gasteiger partial charge is 0.173 e. The summed E-state index contributed by atoms with van der Waals surface area (Å²) in [6.07, 6.45) is 0. The Labute approximate surface area is 164 Å².